The summed E-state index contributed by atoms with van der Waals surface area (Å²) in [6, 6.07) is 9.33. The zero-order valence-electron chi connectivity index (χ0n) is 11.8. The van der Waals surface area contributed by atoms with Crippen molar-refractivity contribution in [3.05, 3.63) is 45.4 Å². The zero-order valence-corrected chi connectivity index (χ0v) is 13.4. The second-order valence-corrected chi connectivity index (χ2v) is 6.73. The third-order valence-electron chi connectivity index (χ3n) is 3.20. The van der Waals surface area contributed by atoms with Crippen LogP contribution >= 0.6 is 22.9 Å². The molecular weight excluding hydrogens is 295 g/mol. The van der Waals surface area contributed by atoms with Gasteiger partial charge in [-0.3, -0.25) is 0 Å². The minimum atomic E-state index is -0.213. The highest BCUT2D eigenvalue weighted by atomic mass is 35.5. The molecule has 0 aliphatic carbocycles. The van der Waals surface area contributed by atoms with Gasteiger partial charge in [-0.1, -0.05) is 11.6 Å². The van der Waals surface area contributed by atoms with Crippen LogP contribution < -0.4 is 10.2 Å². The van der Waals surface area contributed by atoms with E-state index in [1.807, 2.05) is 44.0 Å². The lowest BCUT2D eigenvalue weighted by Gasteiger charge is -2.24. The fraction of sp³-hybridized carbons (Fsp3) is 0.333. The molecule has 0 unspecified atom stereocenters. The fourth-order valence-corrected chi connectivity index (χ4v) is 2.84. The van der Waals surface area contributed by atoms with Gasteiger partial charge < -0.3 is 10.2 Å². The van der Waals surface area contributed by atoms with E-state index in [1.165, 1.54) is 17.4 Å². The Bertz CT molecular complexity index is 583. The van der Waals surface area contributed by atoms with Gasteiger partial charge in [0.15, 0.2) is 0 Å². The molecule has 0 spiro atoms. The first-order valence-electron chi connectivity index (χ1n) is 6.48. The number of nitrogens with one attached hydrogen (secondary N) is 1. The molecule has 2 nitrogen and oxygen atoms in total. The van der Waals surface area contributed by atoms with Gasteiger partial charge in [0.25, 0.3) is 0 Å². The number of hydrogen-bond donors (Lipinski definition) is 1. The summed E-state index contributed by atoms with van der Waals surface area (Å²) in [5.41, 5.74) is 1.39. The SMILES string of the molecule is CC(C)N(C)c1ccc(NCc2ccc(Cl)s2)cc1F. The molecule has 0 saturated heterocycles. The van der Waals surface area contributed by atoms with Crippen molar-refractivity contribution in [2.45, 2.75) is 26.4 Å². The fourth-order valence-electron chi connectivity index (χ4n) is 1.82. The van der Waals surface area contributed by atoms with Crippen LogP contribution in [0.3, 0.4) is 0 Å². The first-order valence-corrected chi connectivity index (χ1v) is 7.67. The maximum atomic E-state index is 14.1. The van der Waals surface area contributed by atoms with E-state index in [0.717, 1.165) is 14.9 Å². The second-order valence-electron chi connectivity index (χ2n) is 4.93. The molecular formula is C15H18ClFN2S. The van der Waals surface area contributed by atoms with Crippen LogP contribution in [0.1, 0.15) is 18.7 Å². The van der Waals surface area contributed by atoms with Crippen LogP contribution in [0.25, 0.3) is 0 Å². The van der Waals surface area contributed by atoms with Gasteiger partial charge in [-0.05, 0) is 44.2 Å². The number of benzene rings is 1. The van der Waals surface area contributed by atoms with Crippen molar-refractivity contribution < 1.29 is 4.39 Å². The molecule has 0 bridgehead atoms. The molecule has 0 aliphatic heterocycles. The van der Waals surface area contributed by atoms with E-state index in [-0.39, 0.29) is 11.9 Å². The van der Waals surface area contributed by atoms with Crippen molar-refractivity contribution in [1.82, 2.24) is 0 Å². The molecule has 1 heterocycles. The zero-order chi connectivity index (χ0) is 14.7. The monoisotopic (exact) mass is 312 g/mol. The highest BCUT2D eigenvalue weighted by Crippen LogP contribution is 2.25. The average molecular weight is 313 g/mol. The molecule has 0 radical (unpaired) electrons. The van der Waals surface area contributed by atoms with Crippen molar-refractivity contribution in [2.75, 3.05) is 17.3 Å². The van der Waals surface area contributed by atoms with E-state index in [2.05, 4.69) is 5.32 Å². The summed E-state index contributed by atoms with van der Waals surface area (Å²) in [6.45, 7) is 4.72. The van der Waals surface area contributed by atoms with Crippen molar-refractivity contribution in [3.63, 3.8) is 0 Å². The Hall–Kier alpha value is -1.26. The average Bonchev–Trinajstić information content (AvgIpc) is 2.81. The maximum absolute atomic E-state index is 14.1. The Morgan fingerprint density at radius 2 is 2.05 bits per heavy atom. The smallest absolute Gasteiger partial charge is 0.148 e. The number of halogens is 2. The molecule has 0 saturated carbocycles. The number of nitrogens with zero attached hydrogens (tertiary/aromatic N) is 1. The van der Waals surface area contributed by atoms with E-state index in [9.17, 15) is 4.39 Å². The van der Waals surface area contributed by atoms with Gasteiger partial charge in [0, 0.05) is 30.2 Å². The molecule has 0 fully saturated rings. The van der Waals surface area contributed by atoms with Crippen LogP contribution in [0.4, 0.5) is 15.8 Å². The number of hydrogen-bond acceptors (Lipinski definition) is 3. The van der Waals surface area contributed by atoms with E-state index in [4.69, 9.17) is 11.6 Å². The summed E-state index contributed by atoms with van der Waals surface area (Å²) in [7, 11) is 1.89. The third-order valence-corrected chi connectivity index (χ3v) is 4.43. The van der Waals surface area contributed by atoms with Crippen molar-refractivity contribution >= 4 is 34.3 Å². The Morgan fingerprint density at radius 3 is 2.60 bits per heavy atom. The molecule has 1 aromatic carbocycles. The molecule has 1 N–H and O–H groups in total. The molecule has 20 heavy (non-hydrogen) atoms. The van der Waals surface area contributed by atoms with Crippen molar-refractivity contribution in [1.29, 1.82) is 0 Å². The Morgan fingerprint density at radius 1 is 1.30 bits per heavy atom. The van der Waals surface area contributed by atoms with Crippen LogP contribution in [0.5, 0.6) is 0 Å². The first kappa shape index (κ1) is 15.1. The lowest BCUT2D eigenvalue weighted by molar-refractivity contribution is 0.614. The predicted molar refractivity (Wildman–Crippen MR) is 86.6 cm³/mol. The van der Waals surface area contributed by atoms with E-state index >= 15 is 0 Å². The van der Waals surface area contributed by atoms with Crippen LogP contribution in [-0.4, -0.2) is 13.1 Å². The number of rotatable bonds is 5. The normalized spacial score (nSPS) is 10.9. The molecule has 108 valence electrons. The van der Waals surface area contributed by atoms with Gasteiger partial charge in [-0.15, -0.1) is 11.3 Å². The highest BCUT2D eigenvalue weighted by molar-refractivity contribution is 7.16. The summed E-state index contributed by atoms with van der Waals surface area (Å²) < 4.78 is 14.9. The maximum Gasteiger partial charge on any atom is 0.148 e. The predicted octanol–water partition coefficient (Wildman–Crippen LogP) is 5.00. The lowest BCUT2D eigenvalue weighted by atomic mass is 10.2. The molecule has 5 heteroatoms. The van der Waals surface area contributed by atoms with E-state index in [0.29, 0.717) is 12.2 Å². The van der Waals surface area contributed by atoms with Crippen LogP contribution in [0.2, 0.25) is 4.34 Å². The molecule has 0 atom stereocenters. The molecule has 1 aromatic heterocycles. The lowest BCUT2D eigenvalue weighted by Crippen LogP contribution is -2.26. The van der Waals surface area contributed by atoms with Gasteiger partial charge in [0.2, 0.25) is 0 Å². The highest BCUT2D eigenvalue weighted by Gasteiger charge is 2.11. The van der Waals surface area contributed by atoms with E-state index < -0.39 is 0 Å². The summed E-state index contributed by atoms with van der Waals surface area (Å²) in [5.74, 6) is -0.213. The van der Waals surface area contributed by atoms with Crippen molar-refractivity contribution in [2.24, 2.45) is 0 Å². The largest absolute Gasteiger partial charge is 0.380 e. The van der Waals surface area contributed by atoms with Gasteiger partial charge >= 0.3 is 0 Å². The van der Waals surface area contributed by atoms with Crippen LogP contribution in [0, 0.1) is 5.82 Å². The van der Waals surface area contributed by atoms with Crippen LogP contribution in [-0.2, 0) is 6.54 Å². The summed E-state index contributed by atoms with van der Waals surface area (Å²) in [6.07, 6.45) is 0. The molecule has 0 amide bonds. The number of thiophene rings is 1. The first-order chi connectivity index (χ1) is 9.47. The van der Waals surface area contributed by atoms with Gasteiger partial charge in [-0.25, -0.2) is 4.39 Å². The summed E-state index contributed by atoms with van der Waals surface area (Å²) >= 11 is 7.40. The molecule has 2 aromatic rings. The third kappa shape index (κ3) is 3.64. The van der Waals surface area contributed by atoms with Gasteiger partial charge in [-0.2, -0.15) is 0 Å². The summed E-state index contributed by atoms with van der Waals surface area (Å²) in [4.78, 5) is 3.04. The Kier molecular flexibility index (Phi) is 4.89. The molecule has 2 rings (SSSR count). The minimum Gasteiger partial charge on any atom is -0.380 e. The Balaban J connectivity index is 2.05. The summed E-state index contributed by atoms with van der Waals surface area (Å²) in [5, 5.41) is 3.20. The topological polar surface area (TPSA) is 15.3 Å². The minimum absolute atomic E-state index is 0.213. The molecule has 0 aliphatic rings. The van der Waals surface area contributed by atoms with E-state index in [1.54, 1.807) is 6.07 Å². The van der Waals surface area contributed by atoms with Gasteiger partial charge in [0.1, 0.15) is 5.82 Å². The quantitative estimate of drug-likeness (QED) is 0.836. The number of anilines is 2. The van der Waals surface area contributed by atoms with Crippen molar-refractivity contribution in [3.8, 4) is 0 Å². The standard InChI is InChI=1S/C15H18ClFN2S/c1-10(2)19(3)14-6-4-11(8-13(14)17)18-9-12-5-7-15(16)20-12/h4-8,10,18H,9H2,1-3H3. The second kappa shape index (κ2) is 6.46. The van der Waals surface area contributed by atoms with Gasteiger partial charge in [0.05, 0.1) is 10.0 Å². The Labute approximate surface area is 128 Å². The van der Waals surface area contributed by atoms with Crippen LogP contribution in [0.15, 0.2) is 30.3 Å².